The van der Waals surface area contributed by atoms with E-state index in [0.29, 0.717) is 11.6 Å². The Balaban J connectivity index is 2.42. The molecule has 1 heterocycles. The Hall–Kier alpha value is -1.86. The molecule has 0 aliphatic rings. The summed E-state index contributed by atoms with van der Waals surface area (Å²) in [5, 5.41) is 3.29. The van der Waals surface area contributed by atoms with Crippen LogP contribution in [-0.2, 0) is 0 Å². The minimum atomic E-state index is 0.216. The molecule has 0 unspecified atom stereocenters. The number of halogens is 1. The molecule has 0 aliphatic carbocycles. The molecule has 0 atom stereocenters. The Labute approximate surface area is 132 Å². The monoisotopic (exact) mass is 351 g/mol. The number of hydrogen-bond acceptors (Lipinski definition) is 6. The molecular formula is C14H18BrN5O. The molecule has 0 saturated carbocycles. The number of ether oxygens (including phenoxy) is 1. The number of anilines is 3. The third-order valence-corrected chi connectivity index (χ3v) is 3.43. The first-order chi connectivity index (χ1) is 10.0. The summed E-state index contributed by atoms with van der Waals surface area (Å²) in [6.45, 7) is 4.12. The van der Waals surface area contributed by atoms with Gasteiger partial charge in [-0.3, -0.25) is 0 Å². The molecule has 0 amide bonds. The first-order valence-corrected chi connectivity index (χ1v) is 7.27. The summed E-state index contributed by atoms with van der Waals surface area (Å²) in [6, 6.07) is 5.73. The minimum absolute atomic E-state index is 0.216. The Morgan fingerprint density at radius 3 is 2.52 bits per heavy atom. The number of nitrogens with two attached hydrogens (primary N) is 1. The highest BCUT2D eigenvalue weighted by Gasteiger charge is 2.15. The quantitative estimate of drug-likeness (QED) is 0.565. The van der Waals surface area contributed by atoms with Crippen molar-refractivity contribution in [1.29, 1.82) is 0 Å². The summed E-state index contributed by atoms with van der Waals surface area (Å²) in [6.07, 6.45) is 1.47. The van der Waals surface area contributed by atoms with Gasteiger partial charge in [0.15, 0.2) is 0 Å². The van der Waals surface area contributed by atoms with E-state index in [0.717, 1.165) is 21.5 Å². The Morgan fingerprint density at radius 1 is 1.19 bits per heavy atom. The molecule has 2 rings (SSSR count). The lowest BCUT2D eigenvalue weighted by Gasteiger charge is -2.17. The van der Waals surface area contributed by atoms with Gasteiger partial charge >= 0.3 is 0 Å². The first-order valence-electron chi connectivity index (χ1n) is 6.48. The van der Waals surface area contributed by atoms with Crippen LogP contribution < -0.4 is 21.3 Å². The number of nitrogens with one attached hydrogen (secondary N) is 2. The molecular weight excluding hydrogens is 334 g/mol. The topological polar surface area (TPSA) is 85.1 Å². The molecule has 4 N–H and O–H groups in total. The summed E-state index contributed by atoms with van der Waals surface area (Å²) >= 11 is 3.46. The molecule has 7 heteroatoms. The molecule has 0 fully saturated rings. The van der Waals surface area contributed by atoms with Crippen molar-refractivity contribution >= 4 is 33.3 Å². The zero-order valence-electron chi connectivity index (χ0n) is 12.1. The van der Waals surface area contributed by atoms with E-state index in [1.54, 1.807) is 7.11 Å². The van der Waals surface area contributed by atoms with Gasteiger partial charge in [0.25, 0.3) is 0 Å². The van der Waals surface area contributed by atoms with Crippen LogP contribution in [0.1, 0.15) is 25.3 Å². The van der Waals surface area contributed by atoms with Crippen LogP contribution in [-0.4, -0.2) is 17.1 Å². The molecule has 112 valence electrons. The van der Waals surface area contributed by atoms with Crippen molar-refractivity contribution in [2.75, 3.05) is 17.9 Å². The summed E-state index contributed by atoms with van der Waals surface area (Å²) in [5.41, 5.74) is 4.41. The van der Waals surface area contributed by atoms with Gasteiger partial charge in [-0.1, -0.05) is 29.8 Å². The summed E-state index contributed by atoms with van der Waals surface area (Å²) < 4.78 is 6.18. The number of benzene rings is 1. The molecule has 0 bridgehead atoms. The smallest absolute Gasteiger partial charge is 0.148 e. The molecule has 1 aromatic carbocycles. The van der Waals surface area contributed by atoms with Gasteiger partial charge in [-0.15, -0.1) is 0 Å². The lowest BCUT2D eigenvalue weighted by molar-refractivity contribution is 0.415. The minimum Gasteiger partial charge on any atom is -0.497 e. The van der Waals surface area contributed by atoms with Gasteiger partial charge in [0.2, 0.25) is 0 Å². The summed E-state index contributed by atoms with van der Waals surface area (Å²) in [4.78, 5) is 8.47. The Morgan fingerprint density at radius 2 is 1.90 bits per heavy atom. The normalized spacial score (nSPS) is 10.6. The van der Waals surface area contributed by atoms with E-state index in [-0.39, 0.29) is 5.92 Å². The maximum absolute atomic E-state index is 5.52. The number of hydrazine groups is 1. The fourth-order valence-electron chi connectivity index (χ4n) is 2.05. The SMILES string of the molecule is COc1cc(Br)cc(Nc2ncnc(NN)c2C(C)C)c1. The Bertz CT molecular complexity index is 633. The molecule has 0 spiro atoms. The standard InChI is InChI=1S/C14H18BrN5O/c1-8(2)12-13(17-7-18-14(12)20-16)19-10-4-9(15)5-11(6-10)21-3/h4-8H,16H2,1-3H3,(H2,17,18,19,20). The van der Waals surface area contributed by atoms with Crippen molar-refractivity contribution in [1.82, 2.24) is 9.97 Å². The number of hydrogen-bond donors (Lipinski definition) is 3. The van der Waals surface area contributed by atoms with Gasteiger partial charge < -0.3 is 15.5 Å². The molecule has 0 radical (unpaired) electrons. The summed E-state index contributed by atoms with van der Waals surface area (Å²) in [7, 11) is 1.63. The van der Waals surface area contributed by atoms with Crippen molar-refractivity contribution in [2.45, 2.75) is 19.8 Å². The van der Waals surface area contributed by atoms with Gasteiger partial charge in [-0.05, 0) is 18.1 Å². The van der Waals surface area contributed by atoms with E-state index < -0.39 is 0 Å². The third-order valence-electron chi connectivity index (χ3n) is 2.97. The largest absolute Gasteiger partial charge is 0.497 e. The van der Waals surface area contributed by atoms with Crippen LogP contribution in [0, 0.1) is 0 Å². The van der Waals surface area contributed by atoms with Gasteiger partial charge in [-0.2, -0.15) is 0 Å². The van der Waals surface area contributed by atoms with E-state index in [4.69, 9.17) is 10.6 Å². The Kier molecular flexibility index (Phi) is 4.98. The van der Waals surface area contributed by atoms with Crippen molar-refractivity contribution in [3.05, 3.63) is 34.6 Å². The maximum atomic E-state index is 5.52. The van der Waals surface area contributed by atoms with Crippen LogP contribution in [0.25, 0.3) is 0 Å². The van der Waals surface area contributed by atoms with Crippen molar-refractivity contribution < 1.29 is 4.74 Å². The average molecular weight is 352 g/mol. The lowest BCUT2D eigenvalue weighted by atomic mass is 10.0. The zero-order valence-corrected chi connectivity index (χ0v) is 13.7. The molecule has 6 nitrogen and oxygen atoms in total. The fraction of sp³-hybridized carbons (Fsp3) is 0.286. The van der Waals surface area contributed by atoms with Gasteiger partial charge in [-0.25, -0.2) is 15.8 Å². The van der Waals surface area contributed by atoms with Crippen LogP contribution >= 0.6 is 15.9 Å². The molecule has 21 heavy (non-hydrogen) atoms. The highest BCUT2D eigenvalue weighted by Crippen LogP contribution is 2.32. The van der Waals surface area contributed by atoms with Crippen LogP contribution in [0.2, 0.25) is 0 Å². The second-order valence-electron chi connectivity index (χ2n) is 4.79. The predicted molar refractivity (Wildman–Crippen MR) is 87.9 cm³/mol. The second kappa shape index (κ2) is 6.73. The third kappa shape index (κ3) is 3.62. The zero-order chi connectivity index (χ0) is 15.4. The highest BCUT2D eigenvalue weighted by molar-refractivity contribution is 9.10. The average Bonchev–Trinajstić information content (AvgIpc) is 2.45. The van der Waals surface area contributed by atoms with Crippen LogP contribution in [0.5, 0.6) is 5.75 Å². The highest BCUT2D eigenvalue weighted by atomic mass is 79.9. The van der Waals surface area contributed by atoms with Crippen LogP contribution in [0.15, 0.2) is 29.0 Å². The molecule has 2 aromatic rings. The van der Waals surface area contributed by atoms with E-state index in [2.05, 4.69) is 50.5 Å². The van der Waals surface area contributed by atoms with E-state index in [1.807, 2.05) is 18.2 Å². The first kappa shape index (κ1) is 15.5. The number of aromatic nitrogens is 2. The second-order valence-corrected chi connectivity index (χ2v) is 5.70. The molecule has 0 saturated heterocycles. The van der Waals surface area contributed by atoms with Gasteiger partial charge in [0.1, 0.15) is 23.7 Å². The van der Waals surface area contributed by atoms with E-state index in [1.165, 1.54) is 6.33 Å². The number of methoxy groups -OCH3 is 1. The van der Waals surface area contributed by atoms with Gasteiger partial charge in [0, 0.05) is 21.8 Å². The number of nitrogens with zero attached hydrogens (tertiary/aromatic N) is 2. The predicted octanol–water partition coefficient (Wildman–Crippen LogP) is 3.40. The maximum Gasteiger partial charge on any atom is 0.148 e. The van der Waals surface area contributed by atoms with E-state index in [9.17, 15) is 0 Å². The molecule has 1 aromatic heterocycles. The fourth-order valence-corrected chi connectivity index (χ4v) is 2.52. The summed E-state index contributed by atoms with van der Waals surface area (Å²) in [5.74, 6) is 7.83. The van der Waals surface area contributed by atoms with Gasteiger partial charge in [0.05, 0.1) is 7.11 Å². The van der Waals surface area contributed by atoms with Crippen molar-refractivity contribution in [2.24, 2.45) is 5.84 Å². The van der Waals surface area contributed by atoms with Crippen molar-refractivity contribution in [3.63, 3.8) is 0 Å². The van der Waals surface area contributed by atoms with Crippen LogP contribution in [0.4, 0.5) is 17.3 Å². The van der Waals surface area contributed by atoms with E-state index >= 15 is 0 Å². The van der Waals surface area contributed by atoms with Crippen LogP contribution in [0.3, 0.4) is 0 Å². The lowest BCUT2D eigenvalue weighted by Crippen LogP contribution is -2.14. The van der Waals surface area contributed by atoms with Crippen molar-refractivity contribution in [3.8, 4) is 5.75 Å². The molecule has 0 aliphatic heterocycles. The number of nitrogen functional groups attached to an aromatic ring is 1. The number of rotatable bonds is 5.